The first-order valence-electron chi connectivity index (χ1n) is 22.9. The van der Waals surface area contributed by atoms with E-state index < -0.39 is 0 Å². The van der Waals surface area contributed by atoms with Gasteiger partial charge in [0.05, 0.1) is 53.5 Å². The maximum atomic E-state index is 10.4. The SMILES string of the molecule is COc1ccc(Oc2ncc(N)c(Oc3ccc(OC)cc3)n2)cc1.COc1ccc(Oc2ncc(NCc3ccc(-n4ccnc4)cc3)c(Oc3ccc(OC)cc3)n2)cc1.O=Cc1ccc(-n2ccnc2)cc1. The molecular formula is C56H50N10O9. The molecule has 0 aliphatic heterocycles. The molecule has 378 valence electrons. The van der Waals surface area contributed by atoms with Gasteiger partial charge in [-0.2, -0.15) is 9.97 Å². The van der Waals surface area contributed by atoms with Gasteiger partial charge in [0, 0.05) is 48.3 Å². The number of nitrogens with two attached hydrogens (primary N) is 1. The molecule has 0 unspecified atom stereocenters. The zero-order chi connectivity index (χ0) is 52.2. The molecule has 0 amide bonds. The van der Waals surface area contributed by atoms with Crippen molar-refractivity contribution in [2.45, 2.75) is 6.54 Å². The van der Waals surface area contributed by atoms with E-state index in [2.05, 4.69) is 35.2 Å². The monoisotopic (exact) mass is 1010 g/mol. The van der Waals surface area contributed by atoms with E-state index in [1.54, 1.807) is 145 Å². The Labute approximate surface area is 431 Å². The zero-order valence-corrected chi connectivity index (χ0v) is 41.1. The summed E-state index contributed by atoms with van der Waals surface area (Å²) in [6, 6.07) is 44.3. The fraction of sp³-hybridized carbons (Fsp3) is 0.0893. The molecule has 0 radical (unpaired) electrons. The Balaban J connectivity index is 0.000000168. The van der Waals surface area contributed by atoms with Crippen molar-refractivity contribution in [1.82, 2.24) is 39.0 Å². The number of nitrogens with one attached hydrogen (secondary N) is 1. The van der Waals surface area contributed by atoms with Crippen LogP contribution in [0.1, 0.15) is 15.9 Å². The number of carbonyl (C=O) groups is 1. The van der Waals surface area contributed by atoms with Crippen molar-refractivity contribution in [2.24, 2.45) is 0 Å². The smallest absolute Gasteiger partial charge is 0.325 e. The van der Waals surface area contributed by atoms with Crippen molar-refractivity contribution in [1.29, 1.82) is 0 Å². The number of hydrogen-bond donors (Lipinski definition) is 2. The van der Waals surface area contributed by atoms with Crippen LogP contribution >= 0.6 is 0 Å². The molecule has 0 aliphatic rings. The molecule has 0 bridgehead atoms. The molecule has 0 aliphatic carbocycles. The van der Waals surface area contributed by atoms with Crippen LogP contribution in [-0.4, -0.2) is 73.8 Å². The van der Waals surface area contributed by atoms with Crippen molar-refractivity contribution in [3.05, 3.63) is 207 Å². The van der Waals surface area contributed by atoms with Crippen molar-refractivity contribution >= 4 is 17.7 Å². The molecule has 0 saturated carbocycles. The molecule has 75 heavy (non-hydrogen) atoms. The number of hydrogen-bond acceptors (Lipinski definition) is 17. The lowest BCUT2D eigenvalue weighted by Gasteiger charge is -2.14. The minimum Gasteiger partial charge on any atom is -0.497 e. The Morgan fingerprint density at radius 1 is 0.480 bits per heavy atom. The van der Waals surface area contributed by atoms with Crippen LogP contribution < -0.4 is 48.9 Å². The van der Waals surface area contributed by atoms with E-state index in [0.29, 0.717) is 52.4 Å². The summed E-state index contributed by atoms with van der Waals surface area (Å²) >= 11 is 0. The Morgan fingerprint density at radius 3 is 1.28 bits per heavy atom. The topological polar surface area (TPSA) is 216 Å². The second kappa shape index (κ2) is 25.6. The first-order valence-corrected chi connectivity index (χ1v) is 22.9. The van der Waals surface area contributed by atoms with Crippen molar-refractivity contribution in [3.8, 4) is 81.2 Å². The second-order valence-corrected chi connectivity index (χ2v) is 15.6. The summed E-state index contributed by atoms with van der Waals surface area (Å²) in [6.07, 6.45) is 14.6. The van der Waals surface area contributed by atoms with Gasteiger partial charge in [-0.05, 0) is 139 Å². The van der Waals surface area contributed by atoms with Gasteiger partial charge in [0.1, 0.15) is 63.7 Å². The molecule has 4 aromatic heterocycles. The molecule has 19 nitrogen and oxygen atoms in total. The summed E-state index contributed by atoms with van der Waals surface area (Å²) in [5.74, 6) is 5.79. The average Bonchev–Trinajstić information content (AvgIpc) is 4.22. The molecule has 0 saturated heterocycles. The van der Waals surface area contributed by atoms with Crippen molar-refractivity contribution < 1.29 is 42.7 Å². The molecule has 0 atom stereocenters. The number of imidazole rings is 2. The van der Waals surface area contributed by atoms with Gasteiger partial charge in [-0.1, -0.05) is 12.1 Å². The number of nitrogens with zero attached hydrogens (tertiary/aromatic N) is 8. The predicted octanol–water partition coefficient (Wildman–Crippen LogP) is 11.2. The molecule has 19 heteroatoms. The fourth-order valence-electron chi connectivity index (χ4n) is 6.63. The van der Waals surface area contributed by atoms with E-state index in [-0.39, 0.29) is 17.9 Å². The summed E-state index contributed by atoms with van der Waals surface area (Å²) in [5, 5.41) is 3.37. The number of methoxy groups -OCH3 is 4. The van der Waals surface area contributed by atoms with E-state index in [1.807, 2.05) is 82.2 Å². The van der Waals surface area contributed by atoms with Crippen LogP contribution in [0.25, 0.3) is 11.4 Å². The summed E-state index contributed by atoms with van der Waals surface area (Å²) in [5.41, 5.74) is 10.6. The lowest BCUT2D eigenvalue weighted by Crippen LogP contribution is -2.04. The summed E-state index contributed by atoms with van der Waals surface area (Å²) < 4.78 is 47.7. The Hall–Kier alpha value is -10.4. The number of rotatable bonds is 18. The van der Waals surface area contributed by atoms with Crippen LogP contribution in [0.5, 0.6) is 69.8 Å². The highest BCUT2D eigenvalue weighted by Gasteiger charge is 2.14. The average molecular weight is 1010 g/mol. The Morgan fingerprint density at radius 2 is 0.867 bits per heavy atom. The van der Waals surface area contributed by atoms with E-state index in [9.17, 15) is 4.79 Å². The van der Waals surface area contributed by atoms with Gasteiger partial charge in [-0.25, -0.2) is 19.9 Å². The Bertz CT molecular complexity index is 3310. The van der Waals surface area contributed by atoms with Crippen molar-refractivity contribution in [2.75, 3.05) is 39.5 Å². The number of nitrogen functional groups attached to an aromatic ring is 1. The van der Waals surface area contributed by atoms with E-state index in [1.165, 1.54) is 6.20 Å². The number of aromatic nitrogens is 8. The van der Waals surface area contributed by atoms with Gasteiger partial charge < -0.3 is 58.1 Å². The summed E-state index contributed by atoms with van der Waals surface area (Å²) in [4.78, 5) is 35.6. The second-order valence-electron chi connectivity index (χ2n) is 15.6. The quantitative estimate of drug-likeness (QED) is 0.0764. The van der Waals surface area contributed by atoms with E-state index in [0.717, 1.165) is 46.2 Å². The maximum Gasteiger partial charge on any atom is 0.325 e. The van der Waals surface area contributed by atoms with Gasteiger partial charge in [-0.15, -0.1) is 0 Å². The molecule has 0 spiro atoms. The molecule has 6 aromatic carbocycles. The minimum absolute atomic E-state index is 0.128. The van der Waals surface area contributed by atoms with Gasteiger partial charge in [0.25, 0.3) is 0 Å². The lowest BCUT2D eigenvalue weighted by molar-refractivity contribution is 0.112. The number of aldehydes is 1. The third-order valence-corrected chi connectivity index (χ3v) is 10.6. The number of carbonyl (C=O) groups excluding carboxylic acids is 1. The van der Waals surface area contributed by atoms with E-state index in [4.69, 9.17) is 43.6 Å². The first kappa shape index (κ1) is 50.9. The number of anilines is 2. The highest BCUT2D eigenvalue weighted by atomic mass is 16.5. The predicted molar refractivity (Wildman–Crippen MR) is 281 cm³/mol. The van der Waals surface area contributed by atoms with Crippen LogP contribution in [0, 0.1) is 0 Å². The van der Waals surface area contributed by atoms with Gasteiger partial charge in [-0.3, -0.25) is 4.79 Å². The van der Waals surface area contributed by atoms with Crippen LogP contribution in [0.3, 0.4) is 0 Å². The van der Waals surface area contributed by atoms with Crippen LogP contribution in [0.4, 0.5) is 11.4 Å². The fourth-order valence-corrected chi connectivity index (χ4v) is 6.63. The van der Waals surface area contributed by atoms with Crippen molar-refractivity contribution in [3.63, 3.8) is 0 Å². The molecule has 10 aromatic rings. The zero-order valence-electron chi connectivity index (χ0n) is 41.1. The molecule has 0 fully saturated rings. The van der Waals surface area contributed by atoms with Crippen LogP contribution in [-0.2, 0) is 6.54 Å². The normalized spacial score (nSPS) is 10.3. The first-order chi connectivity index (χ1) is 36.8. The highest BCUT2D eigenvalue weighted by molar-refractivity contribution is 5.75. The largest absolute Gasteiger partial charge is 0.497 e. The van der Waals surface area contributed by atoms with Crippen LogP contribution in [0.15, 0.2) is 195 Å². The molecule has 10 rings (SSSR count). The Kier molecular flexibility index (Phi) is 17.4. The number of ether oxygens (including phenoxy) is 8. The van der Waals surface area contributed by atoms with Gasteiger partial charge in [0.2, 0.25) is 11.8 Å². The van der Waals surface area contributed by atoms with Crippen LogP contribution in [0.2, 0.25) is 0 Å². The summed E-state index contributed by atoms with van der Waals surface area (Å²) in [7, 11) is 6.43. The maximum absolute atomic E-state index is 10.4. The lowest BCUT2D eigenvalue weighted by atomic mass is 10.2. The van der Waals surface area contributed by atoms with Gasteiger partial charge >= 0.3 is 12.0 Å². The van der Waals surface area contributed by atoms with E-state index >= 15 is 0 Å². The molecular weight excluding hydrogens is 957 g/mol. The van der Waals surface area contributed by atoms with Gasteiger partial charge in [0.15, 0.2) is 0 Å². The molecule has 3 N–H and O–H groups in total. The highest BCUT2D eigenvalue weighted by Crippen LogP contribution is 2.33. The molecule has 4 heterocycles. The third kappa shape index (κ3) is 14.6. The standard InChI is InChI=1S/C28H25N5O4.C18H17N3O4.C10H8N2O/c1-34-22-7-11-24(12-8-22)36-27-26(18-31-28(32-27)37-25-13-9-23(35-2)10-14-25)30-17-20-3-5-21(6-4-20)33-16-15-29-19-33;1-22-12-3-7-14(8-4-12)24-17-16(19)11-20-18(21-17)25-15-9-5-13(23-2)6-10-15;13-7-9-1-3-10(4-2-9)12-6-5-11-8-12/h3-16,18-19,30H,17H2,1-2H3;3-11H,19H2,1-2H3;1-8H. The minimum atomic E-state index is 0.128. The summed E-state index contributed by atoms with van der Waals surface area (Å²) in [6.45, 7) is 0.547. The number of benzene rings is 6. The third-order valence-electron chi connectivity index (χ3n) is 10.6.